The molecule has 4 aliphatic carbocycles. The molecule has 2 saturated carbocycles. The molecule has 0 radical (unpaired) electrons. The smallest absolute Gasteiger partial charge is 0.229 e. The van der Waals surface area contributed by atoms with Crippen LogP contribution in [-0.2, 0) is 28.6 Å². The van der Waals surface area contributed by atoms with Gasteiger partial charge in [-0.05, 0) is 62.9 Å². The van der Waals surface area contributed by atoms with Crippen molar-refractivity contribution in [2.75, 3.05) is 6.61 Å². The van der Waals surface area contributed by atoms with Crippen LogP contribution in [0, 0.1) is 39.4 Å². The number of carbonyl (C=O) groups is 3. The Kier molecular flexibility index (Phi) is 6.82. The van der Waals surface area contributed by atoms with Crippen molar-refractivity contribution in [1.29, 1.82) is 0 Å². The Hall–Kier alpha value is -2.37. The summed E-state index contributed by atoms with van der Waals surface area (Å²) in [6.07, 6.45) is 1.57. The lowest BCUT2D eigenvalue weighted by Gasteiger charge is -2.63. The molecule has 10 nitrogen and oxygen atoms in total. The molecular formula is C33H44O10. The van der Waals surface area contributed by atoms with E-state index in [2.05, 4.69) is 19.9 Å². The summed E-state index contributed by atoms with van der Waals surface area (Å²) in [5.74, 6) is -1.16. The molecule has 43 heavy (non-hydrogen) atoms. The van der Waals surface area contributed by atoms with E-state index >= 15 is 0 Å². The molecule has 3 fully saturated rings. The number of hydrogen-bond donors (Lipinski definition) is 4. The molecule has 0 unspecified atom stereocenters. The molecule has 0 aromatic carbocycles. The summed E-state index contributed by atoms with van der Waals surface area (Å²) < 4.78 is 17.4. The summed E-state index contributed by atoms with van der Waals surface area (Å²) in [7, 11) is 0. The monoisotopic (exact) mass is 600 g/mol. The van der Waals surface area contributed by atoms with Gasteiger partial charge in [-0.3, -0.25) is 14.4 Å². The standard InChI is InChI=1S/C33H44O10/c1-29(2)16-7-8-20-30(3)11-9-21(33(6)22(35)10-12-41-33)31(30,4)14-23(36)32(20,5)17(16)13-18(27(29)40)42-28-26(39)25(38)24(37)19(15-34)43-28/h7,10,12-13,17,19-21,24-26,28,34,37-39H,8-9,11,14-15H2,1-6H3/t17-,19-,20+,21+,24-,25+,26-,28-,30+,31-,32+,33-/m1/s1. The first-order valence-electron chi connectivity index (χ1n) is 15.3. The minimum absolute atomic E-state index is 0.0653. The van der Waals surface area contributed by atoms with Gasteiger partial charge < -0.3 is 34.6 Å². The Labute approximate surface area is 251 Å². The maximum Gasteiger partial charge on any atom is 0.229 e. The van der Waals surface area contributed by atoms with E-state index in [0.29, 0.717) is 6.42 Å². The van der Waals surface area contributed by atoms with Crippen LogP contribution in [0.2, 0.25) is 0 Å². The van der Waals surface area contributed by atoms with Gasteiger partial charge >= 0.3 is 0 Å². The number of rotatable bonds is 4. The van der Waals surface area contributed by atoms with Crippen molar-refractivity contribution >= 4 is 17.3 Å². The molecule has 12 atom stereocenters. The Morgan fingerprint density at radius 2 is 1.65 bits per heavy atom. The van der Waals surface area contributed by atoms with E-state index < -0.39 is 65.1 Å². The first-order valence-corrected chi connectivity index (χ1v) is 15.3. The fraction of sp³-hybridized carbons (Fsp3) is 0.727. The lowest BCUT2D eigenvalue weighted by molar-refractivity contribution is -0.291. The Bertz CT molecular complexity index is 1340. The van der Waals surface area contributed by atoms with Crippen molar-refractivity contribution in [2.45, 2.75) is 104 Å². The highest BCUT2D eigenvalue weighted by molar-refractivity contribution is 6.02. The van der Waals surface area contributed by atoms with Gasteiger partial charge in [0, 0.05) is 29.7 Å². The van der Waals surface area contributed by atoms with Gasteiger partial charge in [0.05, 0.1) is 18.3 Å². The molecule has 2 heterocycles. The zero-order valence-corrected chi connectivity index (χ0v) is 25.7. The van der Waals surface area contributed by atoms with Gasteiger partial charge in [-0.25, -0.2) is 0 Å². The van der Waals surface area contributed by atoms with E-state index in [1.54, 1.807) is 19.9 Å². The van der Waals surface area contributed by atoms with Crippen LogP contribution in [0.3, 0.4) is 0 Å². The number of ether oxygens (including phenoxy) is 3. The molecule has 10 heteroatoms. The third-order valence-corrected chi connectivity index (χ3v) is 12.8. The molecule has 1 saturated heterocycles. The van der Waals surface area contributed by atoms with Crippen molar-refractivity contribution in [3.8, 4) is 0 Å². The molecule has 0 aromatic rings. The van der Waals surface area contributed by atoms with Crippen LogP contribution in [0.4, 0.5) is 0 Å². The van der Waals surface area contributed by atoms with Gasteiger partial charge in [0.15, 0.2) is 11.4 Å². The van der Waals surface area contributed by atoms with E-state index in [1.807, 2.05) is 13.8 Å². The van der Waals surface area contributed by atoms with Crippen LogP contribution in [0.1, 0.15) is 67.2 Å². The number of hydrogen-bond acceptors (Lipinski definition) is 10. The summed E-state index contributed by atoms with van der Waals surface area (Å²) in [6, 6.07) is 0. The highest BCUT2D eigenvalue weighted by Gasteiger charge is 2.73. The van der Waals surface area contributed by atoms with Crippen molar-refractivity contribution in [3.63, 3.8) is 0 Å². The van der Waals surface area contributed by atoms with Crippen LogP contribution >= 0.6 is 0 Å². The number of carbonyl (C=O) groups excluding carboxylic acids is 3. The van der Waals surface area contributed by atoms with Gasteiger partial charge in [0.2, 0.25) is 17.9 Å². The summed E-state index contributed by atoms with van der Waals surface area (Å²) in [5, 5.41) is 40.7. The first kappa shape index (κ1) is 30.6. The molecular weight excluding hydrogens is 556 g/mol. The number of ketones is 3. The summed E-state index contributed by atoms with van der Waals surface area (Å²) in [4.78, 5) is 41.4. The normalized spacial score (nSPS) is 50.3. The van der Waals surface area contributed by atoms with Crippen molar-refractivity contribution in [3.05, 3.63) is 35.8 Å². The molecule has 6 aliphatic rings. The van der Waals surface area contributed by atoms with Crippen LogP contribution < -0.4 is 0 Å². The quantitative estimate of drug-likeness (QED) is 0.352. The maximum atomic E-state index is 14.6. The minimum Gasteiger partial charge on any atom is -0.487 e. The molecule has 0 amide bonds. The average molecular weight is 601 g/mol. The third kappa shape index (κ3) is 3.79. The predicted octanol–water partition coefficient (Wildman–Crippen LogP) is 2.13. The maximum absolute atomic E-state index is 14.6. The molecule has 4 N–H and O–H groups in total. The van der Waals surface area contributed by atoms with Crippen molar-refractivity contribution < 1.29 is 49.0 Å². The van der Waals surface area contributed by atoms with Gasteiger partial charge in [0.1, 0.15) is 30.2 Å². The number of aliphatic hydroxyl groups is 4. The van der Waals surface area contributed by atoms with Crippen LogP contribution in [0.15, 0.2) is 35.8 Å². The fourth-order valence-corrected chi connectivity index (χ4v) is 9.87. The van der Waals surface area contributed by atoms with Gasteiger partial charge in [0.25, 0.3) is 0 Å². The van der Waals surface area contributed by atoms with E-state index in [1.165, 1.54) is 12.3 Å². The summed E-state index contributed by atoms with van der Waals surface area (Å²) >= 11 is 0. The SMILES string of the molecule is CC1(C)C(=O)C(O[C@@H]2O[C@H](CO)[C@@H](O)[C@H](O)[C@H]2O)=C[C@@H]2C1=CC[C@@H]1[C@@]2(C)C(=O)C[C@]2(C)[C@@H]([C@@]3(C)OC=CC3=O)CC[C@@]12C. The van der Waals surface area contributed by atoms with Gasteiger partial charge in [-0.15, -0.1) is 0 Å². The van der Waals surface area contributed by atoms with Crippen LogP contribution in [0.25, 0.3) is 0 Å². The topological polar surface area (TPSA) is 160 Å². The molecule has 236 valence electrons. The number of allylic oxidation sites excluding steroid dienone is 4. The molecule has 6 rings (SSSR count). The molecule has 0 spiro atoms. The Morgan fingerprint density at radius 3 is 2.28 bits per heavy atom. The Balaban J connectivity index is 1.39. The molecule has 2 aliphatic heterocycles. The summed E-state index contributed by atoms with van der Waals surface area (Å²) in [6.45, 7) is 11.2. The predicted molar refractivity (Wildman–Crippen MR) is 152 cm³/mol. The van der Waals surface area contributed by atoms with E-state index in [4.69, 9.17) is 14.2 Å². The van der Waals surface area contributed by atoms with E-state index in [0.717, 1.165) is 18.4 Å². The molecule has 0 bridgehead atoms. The third-order valence-electron chi connectivity index (χ3n) is 12.8. The lowest BCUT2D eigenvalue weighted by Crippen LogP contribution is -2.64. The molecule has 0 aromatic heterocycles. The van der Waals surface area contributed by atoms with Gasteiger partial charge in [-0.2, -0.15) is 0 Å². The van der Waals surface area contributed by atoms with Crippen molar-refractivity contribution in [2.24, 2.45) is 39.4 Å². The van der Waals surface area contributed by atoms with Crippen molar-refractivity contribution in [1.82, 2.24) is 0 Å². The highest BCUT2D eigenvalue weighted by Crippen LogP contribution is 2.74. The fourth-order valence-electron chi connectivity index (χ4n) is 9.87. The summed E-state index contributed by atoms with van der Waals surface area (Å²) in [5.41, 5.74) is -2.88. The number of fused-ring (bicyclic) bond motifs is 5. The zero-order chi connectivity index (χ0) is 31.5. The second-order valence-corrected chi connectivity index (χ2v) is 14.9. The first-order chi connectivity index (χ1) is 20.0. The number of Topliss-reactive ketones (excluding diaryl/α,β-unsaturated/α-hetero) is 2. The van der Waals surface area contributed by atoms with E-state index in [-0.39, 0.29) is 46.8 Å². The van der Waals surface area contributed by atoms with Gasteiger partial charge in [-0.1, -0.05) is 32.4 Å². The van der Waals surface area contributed by atoms with Crippen LogP contribution in [-0.4, -0.2) is 80.7 Å². The van der Waals surface area contributed by atoms with Crippen LogP contribution in [0.5, 0.6) is 0 Å². The highest BCUT2D eigenvalue weighted by atomic mass is 16.7. The largest absolute Gasteiger partial charge is 0.487 e. The lowest BCUT2D eigenvalue weighted by atomic mass is 9.39. The second kappa shape index (κ2) is 9.57. The van der Waals surface area contributed by atoms with E-state index in [9.17, 15) is 34.8 Å². The number of aliphatic hydroxyl groups excluding tert-OH is 4. The minimum atomic E-state index is -1.68. The Morgan fingerprint density at radius 1 is 0.953 bits per heavy atom. The average Bonchev–Trinajstić information content (AvgIpc) is 3.43. The zero-order valence-electron chi connectivity index (χ0n) is 25.7. The second-order valence-electron chi connectivity index (χ2n) is 14.9.